The van der Waals surface area contributed by atoms with E-state index < -0.39 is 20.0 Å². The molecule has 2 rings (SSSR count). The lowest BCUT2D eigenvalue weighted by atomic mass is 10.3. The Morgan fingerprint density at radius 2 is 2.18 bits per heavy atom. The van der Waals surface area contributed by atoms with Crippen molar-refractivity contribution in [2.75, 3.05) is 32.9 Å². The topological polar surface area (TPSA) is 135 Å². The maximum absolute atomic E-state index is 11.5. The third kappa shape index (κ3) is 3.99. The second-order valence-electron chi connectivity index (χ2n) is 4.52. The van der Waals surface area contributed by atoms with E-state index in [0.717, 1.165) is 7.11 Å². The summed E-state index contributed by atoms with van der Waals surface area (Å²) in [5.74, 6) is 0.284. The van der Waals surface area contributed by atoms with Crippen molar-refractivity contribution in [3.8, 4) is 0 Å². The van der Waals surface area contributed by atoms with Gasteiger partial charge in [0.15, 0.2) is 11.5 Å². The lowest BCUT2D eigenvalue weighted by Gasteiger charge is -2.19. The van der Waals surface area contributed by atoms with E-state index in [1.54, 1.807) is 10.9 Å². The Morgan fingerprint density at radius 3 is 2.86 bits per heavy atom. The first-order chi connectivity index (χ1) is 10.5. The normalized spacial score (nSPS) is 15.8. The molecule has 0 bridgehead atoms. The van der Waals surface area contributed by atoms with E-state index in [2.05, 4.69) is 19.5 Å². The molecule has 10 nitrogen and oxygen atoms in total. The summed E-state index contributed by atoms with van der Waals surface area (Å²) in [5.41, 5.74) is 6.76. The number of anilines is 1. The summed E-state index contributed by atoms with van der Waals surface area (Å²) in [6, 6.07) is 0. The molecule has 122 valence electrons. The largest absolute Gasteiger partial charge is 0.382 e. The lowest BCUT2D eigenvalue weighted by molar-refractivity contribution is 0.00336. The number of imidazole rings is 1. The number of aromatic nitrogens is 4. The summed E-state index contributed by atoms with van der Waals surface area (Å²) >= 11 is 0. The predicted molar refractivity (Wildman–Crippen MR) is 78.2 cm³/mol. The van der Waals surface area contributed by atoms with Crippen molar-refractivity contribution in [3.05, 3.63) is 12.7 Å². The zero-order valence-corrected chi connectivity index (χ0v) is 13.1. The summed E-state index contributed by atoms with van der Waals surface area (Å²) in [5, 5.41) is 0. The maximum Gasteiger partial charge on any atom is 0.353 e. The van der Waals surface area contributed by atoms with E-state index in [-0.39, 0.29) is 12.4 Å². The minimum absolute atomic E-state index is 0.226. The fourth-order valence-corrected chi connectivity index (χ4v) is 2.35. The van der Waals surface area contributed by atoms with Crippen LogP contribution < -0.4 is 5.73 Å². The maximum atomic E-state index is 11.5. The molecular formula is C11H18N5O5P. The summed E-state index contributed by atoms with van der Waals surface area (Å²) in [7, 11) is -1.08. The summed E-state index contributed by atoms with van der Waals surface area (Å²) in [4.78, 5) is 21.5. The van der Waals surface area contributed by atoms with E-state index in [1.165, 1.54) is 13.4 Å². The van der Waals surface area contributed by atoms with E-state index >= 15 is 0 Å². The minimum atomic E-state index is -3.75. The Kier molecular flexibility index (Phi) is 5.43. The number of nitrogens with zero attached hydrogens (tertiary/aromatic N) is 4. The molecular weight excluding hydrogens is 313 g/mol. The van der Waals surface area contributed by atoms with Crippen molar-refractivity contribution in [2.45, 2.75) is 12.6 Å². The van der Waals surface area contributed by atoms with Crippen LogP contribution in [0.1, 0.15) is 0 Å². The van der Waals surface area contributed by atoms with E-state index in [4.69, 9.17) is 15.2 Å². The lowest BCUT2D eigenvalue weighted by Crippen LogP contribution is -2.25. The number of methoxy groups -OCH3 is 1. The molecule has 2 unspecified atom stereocenters. The van der Waals surface area contributed by atoms with Gasteiger partial charge in [0, 0.05) is 14.2 Å². The average Bonchev–Trinajstić information content (AvgIpc) is 2.90. The Labute approximate surface area is 126 Å². The molecule has 22 heavy (non-hydrogen) atoms. The van der Waals surface area contributed by atoms with Gasteiger partial charge in [-0.15, -0.1) is 0 Å². The Bertz CT molecular complexity index is 678. The highest BCUT2D eigenvalue weighted by molar-refractivity contribution is 7.52. The molecule has 11 heteroatoms. The fourth-order valence-electron chi connectivity index (χ4n) is 1.84. The van der Waals surface area contributed by atoms with Gasteiger partial charge in [0.1, 0.15) is 18.2 Å². The van der Waals surface area contributed by atoms with Crippen LogP contribution in [0.5, 0.6) is 0 Å². The predicted octanol–water partition coefficient (Wildman–Crippen LogP) is 0.229. The summed E-state index contributed by atoms with van der Waals surface area (Å²) < 4.78 is 28.1. The SMILES string of the molecule is COCC(Cn1cnc2c(N)ncnc21)OCP(=O)(O)OC. The van der Waals surface area contributed by atoms with Crippen LogP contribution in [0.25, 0.3) is 11.2 Å². The van der Waals surface area contributed by atoms with Crippen LogP contribution in [-0.4, -0.2) is 57.7 Å². The van der Waals surface area contributed by atoms with Crippen LogP contribution in [-0.2, 0) is 25.1 Å². The van der Waals surface area contributed by atoms with Gasteiger partial charge in [-0.05, 0) is 0 Å². The van der Waals surface area contributed by atoms with Crippen molar-refractivity contribution in [3.63, 3.8) is 0 Å². The van der Waals surface area contributed by atoms with Crippen molar-refractivity contribution in [1.29, 1.82) is 0 Å². The second kappa shape index (κ2) is 7.12. The molecule has 0 fully saturated rings. The van der Waals surface area contributed by atoms with Crippen molar-refractivity contribution in [2.24, 2.45) is 0 Å². The van der Waals surface area contributed by atoms with Crippen LogP contribution >= 0.6 is 7.60 Å². The summed E-state index contributed by atoms with van der Waals surface area (Å²) in [6.45, 7) is 0.550. The van der Waals surface area contributed by atoms with Gasteiger partial charge in [0.2, 0.25) is 0 Å². The Hall–Kier alpha value is -1.58. The Morgan fingerprint density at radius 1 is 1.41 bits per heavy atom. The van der Waals surface area contributed by atoms with Crippen LogP contribution in [0.3, 0.4) is 0 Å². The average molecular weight is 331 g/mol. The van der Waals surface area contributed by atoms with Crippen molar-refractivity contribution >= 4 is 24.6 Å². The van der Waals surface area contributed by atoms with Crippen molar-refractivity contribution < 1.29 is 23.5 Å². The number of hydrogen-bond donors (Lipinski definition) is 2. The third-order valence-electron chi connectivity index (χ3n) is 2.94. The van der Waals surface area contributed by atoms with Crippen molar-refractivity contribution in [1.82, 2.24) is 19.5 Å². The van der Waals surface area contributed by atoms with Crippen LogP contribution in [0.2, 0.25) is 0 Å². The van der Waals surface area contributed by atoms with E-state index in [0.29, 0.717) is 17.7 Å². The molecule has 0 saturated heterocycles. The van der Waals surface area contributed by atoms with Gasteiger partial charge >= 0.3 is 7.60 Å². The van der Waals surface area contributed by atoms with Gasteiger partial charge in [0.05, 0.1) is 25.6 Å². The zero-order valence-electron chi connectivity index (χ0n) is 12.2. The number of rotatable bonds is 8. The number of fused-ring (bicyclic) bond motifs is 1. The highest BCUT2D eigenvalue weighted by atomic mass is 31.2. The molecule has 0 amide bonds. The molecule has 0 aliphatic rings. The smallest absolute Gasteiger partial charge is 0.353 e. The fraction of sp³-hybridized carbons (Fsp3) is 0.545. The molecule has 0 aromatic carbocycles. The Balaban J connectivity index is 2.12. The molecule has 2 atom stereocenters. The van der Waals surface area contributed by atoms with E-state index in [1.807, 2.05) is 0 Å². The summed E-state index contributed by atoms with van der Waals surface area (Å²) in [6.07, 6.45) is 1.99. The molecule has 0 saturated carbocycles. The molecule has 0 radical (unpaired) electrons. The van der Waals surface area contributed by atoms with Gasteiger partial charge in [-0.1, -0.05) is 0 Å². The van der Waals surface area contributed by atoms with Gasteiger partial charge in [0.25, 0.3) is 0 Å². The number of hydrogen-bond acceptors (Lipinski definition) is 8. The highest BCUT2D eigenvalue weighted by Gasteiger charge is 2.22. The molecule has 3 N–H and O–H groups in total. The standard InChI is InChI=1S/C11H18N5O5P/c1-19-4-8(21-7-22(17,18)20-2)3-16-6-15-9-10(12)13-5-14-11(9)16/h5-6,8H,3-4,7H2,1-2H3,(H,17,18)(H2,12,13,14). The molecule has 0 aliphatic heterocycles. The number of ether oxygens (including phenoxy) is 2. The molecule has 2 aromatic heterocycles. The first-order valence-corrected chi connectivity index (χ1v) is 8.12. The molecule has 0 spiro atoms. The first kappa shape index (κ1) is 16.8. The number of nitrogen functional groups attached to an aromatic ring is 1. The minimum Gasteiger partial charge on any atom is -0.382 e. The van der Waals surface area contributed by atoms with Gasteiger partial charge in [-0.3, -0.25) is 4.57 Å². The monoisotopic (exact) mass is 331 g/mol. The van der Waals surface area contributed by atoms with E-state index in [9.17, 15) is 9.46 Å². The van der Waals surface area contributed by atoms with Gasteiger partial charge in [-0.25, -0.2) is 15.0 Å². The third-order valence-corrected chi connectivity index (χ3v) is 3.99. The van der Waals surface area contributed by atoms with Crippen LogP contribution in [0.15, 0.2) is 12.7 Å². The van der Waals surface area contributed by atoms with Crippen LogP contribution in [0, 0.1) is 0 Å². The molecule has 0 aliphatic carbocycles. The van der Waals surface area contributed by atoms with Crippen LogP contribution in [0.4, 0.5) is 5.82 Å². The second-order valence-corrected chi connectivity index (χ2v) is 6.42. The first-order valence-electron chi connectivity index (χ1n) is 6.36. The molecule has 2 aromatic rings. The zero-order chi connectivity index (χ0) is 16.2. The van der Waals surface area contributed by atoms with Gasteiger partial charge < -0.3 is 29.2 Å². The quantitative estimate of drug-likeness (QED) is 0.651. The van der Waals surface area contributed by atoms with Gasteiger partial charge in [-0.2, -0.15) is 0 Å². The number of nitrogens with two attached hydrogens (primary N) is 1. The molecule has 2 heterocycles. The highest BCUT2D eigenvalue weighted by Crippen LogP contribution is 2.40.